The Kier molecular flexibility index (Phi) is 4.96. The van der Waals surface area contributed by atoms with Gasteiger partial charge in [-0.25, -0.2) is 9.18 Å². The van der Waals surface area contributed by atoms with E-state index in [1.807, 2.05) is 0 Å². The first-order valence-corrected chi connectivity index (χ1v) is 7.40. The van der Waals surface area contributed by atoms with E-state index in [1.54, 1.807) is 31.2 Å². The summed E-state index contributed by atoms with van der Waals surface area (Å²) >= 11 is 0. The highest BCUT2D eigenvalue weighted by Crippen LogP contribution is 2.44. The zero-order valence-corrected chi connectivity index (χ0v) is 12.5. The van der Waals surface area contributed by atoms with Gasteiger partial charge >= 0.3 is 5.97 Å². The maximum Gasteiger partial charge on any atom is 0.326 e. The molecule has 0 aromatic heterocycles. The number of hydrogen-bond acceptors (Lipinski definition) is 2. The smallest absolute Gasteiger partial charge is 0.326 e. The maximum absolute atomic E-state index is 13.4. The first-order chi connectivity index (χ1) is 10.5. The third-order valence-electron chi connectivity index (χ3n) is 4.23. The van der Waals surface area contributed by atoms with E-state index in [0.717, 1.165) is 6.42 Å². The number of carboxylic acids is 1. The number of carboxylic acid groups (broad SMARTS) is 1. The van der Waals surface area contributed by atoms with Gasteiger partial charge in [0.15, 0.2) is 0 Å². The van der Waals surface area contributed by atoms with Gasteiger partial charge < -0.3 is 10.4 Å². The van der Waals surface area contributed by atoms with Crippen molar-refractivity contribution in [2.24, 2.45) is 0 Å². The van der Waals surface area contributed by atoms with Gasteiger partial charge in [0.2, 0.25) is 5.91 Å². The molecular formula is C17H20FNO3. The molecule has 1 aliphatic rings. The number of hydrogen-bond donors (Lipinski definition) is 2. The SMILES string of the molecule is C/C=C/CC(NC(=O)C1(c2cccc(F)c2)CCC1)C(=O)O. The van der Waals surface area contributed by atoms with E-state index in [4.69, 9.17) is 0 Å². The predicted molar refractivity (Wildman–Crippen MR) is 80.9 cm³/mol. The second-order valence-corrected chi connectivity index (χ2v) is 5.62. The molecule has 0 aliphatic heterocycles. The minimum absolute atomic E-state index is 0.233. The molecular weight excluding hydrogens is 285 g/mol. The van der Waals surface area contributed by atoms with Gasteiger partial charge in [-0.1, -0.05) is 30.7 Å². The second-order valence-electron chi connectivity index (χ2n) is 5.62. The summed E-state index contributed by atoms with van der Waals surface area (Å²) < 4.78 is 13.4. The van der Waals surface area contributed by atoms with Gasteiger partial charge in [-0.05, 0) is 43.9 Å². The monoisotopic (exact) mass is 305 g/mol. The van der Waals surface area contributed by atoms with Crippen LogP contribution in [0.5, 0.6) is 0 Å². The van der Waals surface area contributed by atoms with Gasteiger partial charge in [-0.2, -0.15) is 0 Å². The molecule has 0 heterocycles. The normalized spacial score (nSPS) is 17.7. The van der Waals surface area contributed by atoms with Crippen molar-refractivity contribution in [3.8, 4) is 0 Å². The van der Waals surface area contributed by atoms with Crippen molar-refractivity contribution < 1.29 is 19.1 Å². The highest BCUT2D eigenvalue weighted by molar-refractivity contribution is 5.92. The Morgan fingerprint density at radius 2 is 2.18 bits per heavy atom. The van der Waals surface area contributed by atoms with E-state index in [-0.39, 0.29) is 18.1 Å². The molecule has 1 unspecified atom stereocenters. The zero-order valence-electron chi connectivity index (χ0n) is 12.5. The van der Waals surface area contributed by atoms with Crippen molar-refractivity contribution in [3.05, 3.63) is 47.8 Å². The summed E-state index contributed by atoms with van der Waals surface area (Å²) in [5.41, 5.74) is -0.183. The van der Waals surface area contributed by atoms with Crippen LogP contribution in [0.25, 0.3) is 0 Å². The molecule has 4 nitrogen and oxygen atoms in total. The van der Waals surface area contributed by atoms with Gasteiger partial charge in [-0.3, -0.25) is 4.79 Å². The van der Waals surface area contributed by atoms with Gasteiger partial charge in [0.1, 0.15) is 11.9 Å². The molecule has 1 aliphatic carbocycles. The van der Waals surface area contributed by atoms with Crippen LogP contribution >= 0.6 is 0 Å². The number of benzene rings is 1. The number of carbonyl (C=O) groups is 2. The lowest BCUT2D eigenvalue weighted by atomic mass is 9.63. The Morgan fingerprint density at radius 1 is 1.45 bits per heavy atom. The fraction of sp³-hybridized carbons (Fsp3) is 0.412. The average molecular weight is 305 g/mol. The van der Waals surface area contributed by atoms with Crippen LogP contribution in [-0.2, 0) is 15.0 Å². The molecule has 2 N–H and O–H groups in total. The van der Waals surface area contributed by atoms with E-state index < -0.39 is 17.4 Å². The highest BCUT2D eigenvalue weighted by atomic mass is 19.1. The van der Waals surface area contributed by atoms with E-state index in [1.165, 1.54) is 12.1 Å². The average Bonchev–Trinajstić information content (AvgIpc) is 2.42. The minimum atomic E-state index is -1.07. The van der Waals surface area contributed by atoms with E-state index in [0.29, 0.717) is 18.4 Å². The van der Waals surface area contributed by atoms with Crippen molar-refractivity contribution >= 4 is 11.9 Å². The summed E-state index contributed by atoms with van der Waals surface area (Å²) in [6, 6.07) is 5.03. The fourth-order valence-corrected chi connectivity index (χ4v) is 2.75. The lowest BCUT2D eigenvalue weighted by molar-refractivity contribution is -0.143. The van der Waals surface area contributed by atoms with Crippen LogP contribution in [0, 0.1) is 5.82 Å². The molecule has 1 atom stereocenters. The van der Waals surface area contributed by atoms with E-state index in [2.05, 4.69) is 5.32 Å². The highest BCUT2D eigenvalue weighted by Gasteiger charge is 2.46. The minimum Gasteiger partial charge on any atom is -0.480 e. The zero-order chi connectivity index (χ0) is 16.2. The van der Waals surface area contributed by atoms with Crippen LogP contribution in [0.3, 0.4) is 0 Å². The fourth-order valence-electron chi connectivity index (χ4n) is 2.75. The summed E-state index contributed by atoms with van der Waals surface area (Å²) in [4.78, 5) is 23.9. The first-order valence-electron chi connectivity index (χ1n) is 7.40. The Labute approximate surface area is 129 Å². The van der Waals surface area contributed by atoms with Gasteiger partial charge in [-0.15, -0.1) is 0 Å². The lowest BCUT2D eigenvalue weighted by Gasteiger charge is -2.41. The molecule has 2 rings (SSSR count). The number of rotatable bonds is 6. The Balaban J connectivity index is 2.19. The largest absolute Gasteiger partial charge is 0.480 e. The van der Waals surface area contributed by atoms with Crippen molar-refractivity contribution in [3.63, 3.8) is 0 Å². The van der Waals surface area contributed by atoms with Gasteiger partial charge in [0.05, 0.1) is 5.41 Å². The summed E-state index contributed by atoms with van der Waals surface area (Å²) in [6.07, 6.45) is 5.77. The molecule has 1 saturated carbocycles. The molecule has 0 bridgehead atoms. The summed E-state index contributed by atoms with van der Waals surface area (Å²) in [5.74, 6) is -1.79. The lowest BCUT2D eigenvalue weighted by Crippen LogP contribution is -2.53. The molecule has 1 fully saturated rings. The Bertz CT molecular complexity index is 593. The van der Waals surface area contributed by atoms with Crippen molar-refractivity contribution in [1.82, 2.24) is 5.32 Å². The molecule has 0 spiro atoms. The summed E-state index contributed by atoms with van der Waals surface area (Å²) in [5, 5.41) is 11.8. The van der Waals surface area contributed by atoms with Gasteiger partial charge in [0, 0.05) is 0 Å². The Hall–Kier alpha value is -2.17. The number of amides is 1. The number of nitrogens with one attached hydrogen (secondary N) is 1. The number of carbonyl (C=O) groups excluding carboxylic acids is 1. The molecule has 0 saturated heterocycles. The quantitative estimate of drug-likeness (QED) is 0.794. The molecule has 0 radical (unpaired) electrons. The molecule has 1 aromatic rings. The number of allylic oxidation sites excluding steroid dienone is 1. The third-order valence-corrected chi connectivity index (χ3v) is 4.23. The van der Waals surface area contributed by atoms with Crippen LogP contribution in [0.1, 0.15) is 38.2 Å². The maximum atomic E-state index is 13.4. The van der Waals surface area contributed by atoms with Crippen LogP contribution in [0.15, 0.2) is 36.4 Å². The van der Waals surface area contributed by atoms with E-state index in [9.17, 15) is 19.1 Å². The topological polar surface area (TPSA) is 66.4 Å². The standard InChI is InChI=1S/C17H20FNO3/c1-2-3-8-14(15(20)21)19-16(22)17(9-5-10-17)12-6-4-7-13(18)11-12/h2-4,6-7,11,14H,5,8-10H2,1H3,(H,19,22)(H,20,21)/b3-2+. The van der Waals surface area contributed by atoms with Crippen LogP contribution in [-0.4, -0.2) is 23.0 Å². The van der Waals surface area contributed by atoms with Crippen molar-refractivity contribution in [2.45, 2.75) is 44.1 Å². The third kappa shape index (κ3) is 3.18. The van der Waals surface area contributed by atoms with Crippen molar-refractivity contribution in [1.29, 1.82) is 0 Å². The molecule has 118 valence electrons. The summed E-state index contributed by atoms with van der Waals surface area (Å²) in [7, 11) is 0. The summed E-state index contributed by atoms with van der Waals surface area (Å²) in [6.45, 7) is 1.79. The molecule has 1 aromatic carbocycles. The van der Waals surface area contributed by atoms with Crippen LogP contribution < -0.4 is 5.32 Å². The molecule has 5 heteroatoms. The van der Waals surface area contributed by atoms with Gasteiger partial charge in [0.25, 0.3) is 0 Å². The molecule has 22 heavy (non-hydrogen) atoms. The van der Waals surface area contributed by atoms with Crippen molar-refractivity contribution in [2.75, 3.05) is 0 Å². The second kappa shape index (κ2) is 6.73. The first kappa shape index (κ1) is 16.2. The van der Waals surface area contributed by atoms with Crippen LogP contribution in [0.2, 0.25) is 0 Å². The Morgan fingerprint density at radius 3 is 2.68 bits per heavy atom. The number of halogens is 1. The predicted octanol–water partition coefficient (Wildman–Crippen LogP) is 2.78. The van der Waals surface area contributed by atoms with Crippen LogP contribution in [0.4, 0.5) is 4.39 Å². The number of aliphatic carboxylic acids is 1. The molecule has 1 amide bonds. The van der Waals surface area contributed by atoms with E-state index >= 15 is 0 Å².